The van der Waals surface area contributed by atoms with Crippen molar-refractivity contribution in [2.24, 2.45) is 0 Å². The molecule has 0 radical (unpaired) electrons. The fourth-order valence-corrected chi connectivity index (χ4v) is 4.39. The van der Waals surface area contributed by atoms with Crippen molar-refractivity contribution in [3.63, 3.8) is 0 Å². The summed E-state index contributed by atoms with van der Waals surface area (Å²) in [5.41, 5.74) is 4.48. The predicted molar refractivity (Wildman–Crippen MR) is 122 cm³/mol. The normalized spacial score (nSPS) is 12.5. The Morgan fingerprint density at radius 3 is 1.90 bits per heavy atom. The van der Waals surface area contributed by atoms with E-state index in [0.717, 1.165) is 33.1 Å². The molecule has 0 unspecified atom stereocenters. The Morgan fingerprint density at radius 1 is 0.700 bits per heavy atom. The highest BCUT2D eigenvalue weighted by Gasteiger charge is 2.26. The van der Waals surface area contributed by atoms with Gasteiger partial charge in [0.15, 0.2) is 0 Å². The van der Waals surface area contributed by atoms with E-state index in [-0.39, 0.29) is 5.41 Å². The van der Waals surface area contributed by atoms with Gasteiger partial charge in [0.1, 0.15) is 5.58 Å². The lowest BCUT2D eigenvalue weighted by Crippen LogP contribution is -2.16. The number of para-hydroxylation sites is 3. The third kappa shape index (κ3) is 2.34. The minimum absolute atomic E-state index is 0.165. The minimum Gasteiger partial charge on any atom is -0.438 e. The highest BCUT2D eigenvalue weighted by Crippen LogP contribution is 2.37. The summed E-state index contributed by atoms with van der Waals surface area (Å²) in [6.45, 7) is 6.56. The van der Waals surface area contributed by atoms with Gasteiger partial charge in [0.25, 0.3) is 0 Å². The maximum absolute atomic E-state index is 6.19. The molecule has 6 aromatic rings. The molecule has 4 heteroatoms. The summed E-state index contributed by atoms with van der Waals surface area (Å²) < 4.78 is 8.33. The van der Waals surface area contributed by atoms with Gasteiger partial charge in [-0.2, -0.15) is 4.98 Å². The first-order valence-corrected chi connectivity index (χ1v) is 10.2. The van der Waals surface area contributed by atoms with Crippen LogP contribution in [0.15, 0.2) is 77.2 Å². The summed E-state index contributed by atoms with van der Waals surface area (Å²) >= 11 is 0. The highest BCUT2D eigenvalue weighted by atomic mass is 16.3. The van der Waals surface area contributed by atoms with Crippen LogP contribution >= 0.6 is 0 Å². The van der Waals surface area contributed by atoms with Crippen LogP contribution < -0.4 is 0 Å². The van der Waals surface area contributed by atoms with Gasteiger partial charge in [0.2, 0.25) is 11.7 Å². The first-order valence-electron chi connectivity index (χ1n) is 10.2. The molecule has 30 heavy (non-hydrogen) atoms. The van der Waals surface area contributed by atoms with Crippen molar-refractivity contribution < 1.29 is 4.42 Å². The molecule has 0 saturated heterocycles. The van der Waals surface area contributed by atoms with Crippen molar-refractivity contribution in [1.82, 2.24) is 14.5 Å². The van der Waals surface area contributed by atoms with E-state index in [1.807, 2.05) is 18.2 Å². The third-order valence-corrected chi connectivity index (χ3v) is 5.72. The van der Waals surface area contributed by atoms with Gasteiger partial charge in [-0.15, -0.1) is 0 Å². The minimum atomic E-state index is -0.165. The molecule has 3 heterocycles. The summed E-state index contributed by atoms with van der Waals surface area (Å²) in [5.74, 6) is 0.642. The molecular formula is C26H21N3O. The number of aromatic nitrogens is 3. The van der Waals surface area contributed by atoms with E-state index in [0.29, 0.717) is 11.7 Å². The fourth-order valence-electron chi connectivity index (χ4n) is 4.39. The molecule has 0 bridgehead atoms. The average molecular weight is 391 g/mol. The van der Waals surface area contributed by atoms with Crippen LogP contribution in [0, 0.1) is 0 Å². The summed E-state index contributed by atoms with van der Waals surface area (Å²) in [6, 6.07) is 24.9. The van der Waals surface area contributed by atoms with E-state index in [9.17, 15) is 0 Å². The zero-order valence-electron chi connectivity index (χ0n) is 17.2. The van der Waals surface area contributed by atoms with Gasteiger partial charge < -0.3 is 4.42 Å². The smallest absolute Gasteiger partial charge is 0.238 e. The molecule has 0 aliphatic carbocycles. The van der Waals surface area contributed by atoms with E-state index in [2.05, 4.69) is 79.9 Å². The van der Waals surface area contributed by atoms with Crippen LogP contribution in [0.4, 0.5) is 0 Å². The number of benzene rings is 3. The van der Waals surface area contributed by atoms with Crippen LogP contribution in [0.1, 0.15) is 26.5 Å². The van der Waals surface area contributed by atoms with Gasteiger partial charge in [0, 0.05) is 21.6 Å². The Balaban J connectivity index is 1.79. The first kappa shape index (κ1) is 17.2. The second kappa shape index (κ2) is 5.92. The lowest BCUT2D eigenvalue weighted by atomic mass is 9.89. The zero-order valence-corrected chi connectivity index (χ0v) is 17.2. The molecule has 0 amide bonds. The summed E-state index contributed by atoms with van der Waals surface area (Å²) in [6.07, 6.45) is 0. The third-order valence-electron chi connectivity index (χ3n) is 5.72. The van der Waals surface area contributed by atoms with E-state index >= 15 is 0 Å². The molecular weight excluding hydrogens is 370 g/mol. The summed E-state index contributed by atoms with van der Waals surface area (Å²) in [4.78, 5) is 10.0. The second-order valence-corrected chi connectivity index (χ2v) is 8.77. The van der Waals surface area contributed by atoms with Crippen LogP contribution in [0.25, 0.3) is 49.8 Å². The van der Waals surface area contributed by atoms with E-state index < -0.39 is 0 Å². The molecule has 4 nitrogen and oxygen atoms in total. The maximum Gasteiger partial charge on any atom is 0.238 e. The SMILES string of the molecule is CC(C)(C)c1nc(-n2c3ccccc3c3ccccc32)nc2oc3ccccc3c12. The molecule has 6 rings (SSSR count). The summed E-state index contributed by atoms with van der Waals surface area (Å²) in [7, 11) is 0. The predicted octanol–water partition coefficient (Wildman–Crippen LogP) is 6.77. The van der Waals surface area contributed by atoms with Crippen molar-refractivity contribution in [1.29, 1.82) is 0 Å². The largest absolute Gasteiger partial charge is 0.438 e. The Bertz CT molecular complexity index is 1530. The van der Waals surface area contributed by atoms with Crippen LogP contribution in [-0.2, 0) is 5.41 Å². The maximum atomic E-state index is 6.19. The van der Waals surface area contributed by atoms with Crippen LogP contribution in [0.2, 0.25) is 0 Å². The Morgan fingerprint density at radius 2 is 1.27 bits per heavy atom. The number of hydrogen-bond acceptors (Lipinski definition) is 3. The molecule has 3 aromatic heterocycles. The molecule has 0 atom stereocenters. The number of nitrogens with zero attached hydrogens (tertiary/aromatic N) is 3. The standard InChI is InChI=1S/C26H21N3O/c1-26(2,3)23-22-18-12-6-9-15-21(18)30-24(22)28-25(27-23)29-19-13-7-4-10-16(19)17-11-5-8-14-20(17)29/h4-15H,1-3H3. The van der Waals surface area contributed by atoms with Crippen LogP contribution in [0.3, 0.4) is 0 Å². The molecule has 0 N–H and O–H groups in total. The molecule has 146 valence electrons. The van der Waals surface area contributed by atoms with Gasteiger partial charge in [0.05, 0.1) is 22.1 Å². The van der Waals surface area contributed by atoms with Crippen molar-refractivity contribution in [3.05, 3.63) is 78.5 Å². The van der Waals surface area contributed by atoms with Gasteiger partial charge >= 0.3 is 0 Å². The topological polar surface area (TPSA) is 43.9 Å². The number of hydrogen-bond donors (Lipinski definition) is 0. The molecule has 0 fully saturated rings. The van der Waals surface area contributed by atoms with Gasteiger partial charge in [-0.05, 0) is 18.2 Å². The Labute approximate surface area is 173 Å². The van der Waals surface area contributed by atoms with E-state index in [1.54, 1.807) is 0 Å². The van der Waals surface area contributed by atoms with E-state index in [4.69, 9.17) is 14.4 Å². The lowest BCUT2D eigenvalue weighted by molar-refractivity contribution is 0.569. The molecule has 0 aliphatic rings. The highest BCUT2D eigenvalue weighted by molar-refractivity contribution is 6.09. The summed E-state index contributed by atoms with van der Waals surface area (Å²) in [5, 5.41) is 4.45. The van der Waals surface area contributed by atoms with E-state index in [1.165, 1.54) is 10.8 Å². The van der Waals surface area contributed by atoms with Crippen molar-refractivity contribution in [2.45, 2.75) is 26.2 Å². The molecule has 0 spiro atoms. The monoisotopic (exact) mass is 391 g/mol. The van der Waals surface area contributed by atoms with Crippen molar-refractivity contribution in [3.8, 4) is 5.95 Å². The zero-order chi connectivity index (χ0) is 20.5. The molecule has 0 saturated carbocycles. The van der Waals surface area contributed by atoms with Gasteiger partial charge in [-0.3, -0.25) is 4.57 Å². The van der Waals surface area contributed by atoms with Gasteiger partial charge in [-0.1, -0.05) is 75.4 Å². The average Bonchev–Trinajstić information content (AvgIpc) is 3.28. The molecule has 0 aliphatic heterocycles. The lowest BCUT2D eigenvalue weighted by Gasteiger charge is -2.19. The van der Waals surface area contributed by atoms with Crippen molar-refractivity contribution >= 4 is 43.9 Å². The van der Waals surface area contributed by atoms with Crippen LogP contribution in [0.5, 0.6) is 0 Å². The number of furan rings is 1. The Kier molecular flexibility index (Phi) is 3.40. The van der Waals surface area contributed by atoms with Crippen LogP contribution in [-0.4, -0.2) is 14.5 Å². The quantitative estimate of drug-likeness (QED) is 0.311. The Hall–Kier alpha value is -3.66. The second-order valence-electron chi connectivity index (χ2n) is 8.77. The van der Waals surface area contributed by atoms with Crippen molar-refractivity contribution in [2.75, 3.05) is 0 Å². The fraction of sp³-hybridized carbons (Fsp3) is 0.154. The molecule has 3 aromatic carbocycles. The first-order chi connectivity index (χ1) is 14.5. The van der Waals surface area contributed by atoms with Gasteiger partial charge in [-0.25, -0.2) is 4.98 Å². The number of rotatable bonds is 1. The number of fused-ring (bicyclic) bond motifs is 6.